The Labute approximate surface area is 180 Å². The molecule has 0 saturated carbocycles. The Morgan fingerprint density at radius 2 is 1.33 bits per heavy atom. The van der Waals surface area contributed by atoms with Gasteiger partial charge in [0.1, 0.15) is 5.60 Å². The summed E-state index contributed by atoms with van der Waals surface area (Å²) in [5.74, 6) is -0.636. The fourth-order valence-electron chi connectivity index (χ4n) is 2.28. The number of rotatable bonds is 13. The summed E-state index contributed by atoms with van der Waals surface area (Å²) in [6.45, 7) is 14.9. The lowest BCUT2D eigenvalue weighted by Crippen LogP contribution is -2.48. The van der Waals surface area contributed by atoms with Gasteiger partial charge in [-0.25, -0.2) is 4.79 Å². The molecule has 0 fully saturated rings. The molecule has 10 nitrogen and oxygen atoms in total. The van der Waals surface area contributed by atoms with E-state index in [4.69, 9.17) is 10.5 Å². The van der Waals surface area contributed by atoms with E-state index in [0.717, 1.165) is 13.1 Å². The minimum Gasteiger partial charge on any atom is -0.460 e. The Morgan fingerprint density at radius 1 is 0.833 bits per heavy atom. The van der Waals surface area contributed by atoms with Crippen molar-refractivity contribution in [1.82, 2.24) is 26.6 Å². The van der Waals surface area contributed by atoms with Gasteiger partial charge in [0.05, 0.1) is 6.04 Å². The molecule has 7 N–H and O–H groups in total. The van der Waals surface area contributed by atoms with Crippen LogP contribution < -0.4 is 32.3 Å². The third kappa shape index (κ3) is 18.1. The molecule has 0 radical (unpaired) electrons. The highest BCUT2D eigenvalue weighted by Crippen LogP contribution is 2.09. The molecule has 0 bridgehead atoms. The van der Waals surface area contributed by atoms with Gasteiger partial charge in [0.2, 0.25) is 5.91 Å². The van der Waals surface area contributed by atoms with E-state index in [2.05, 4.69) is 26.6 Å². The summed E-state index contributed by atoms with van der Waals surface area (Å²) in [5, 5.41) is 14.8. The lowest BCUT2D eigenvalue weighted by atomic mass is 10.1. The Kier molecular flexibility index (Phi) is 13.3. The molecule has 0 aliphatic heterocycles. The second-order valence-corrected chi connectivity index (χ2v) is 9.15. The molecular formula is C20H42N6O4. The molecule has 3 amide bonds. The van der Waals surface area contributed by atoms with Gasteiger partial charge in [-0.3, -0.25) is 9.59 Å². The van der Waals surface area contributed by atoms with Gasteiger partial charge in [-0.1, -0.05) is 0 Å². The largest absolute Gasteiger partial charge is 0.460 e. The summed E-state index contributed by atoms with van der Waals surface area (Å²) in [6, 6.07) is -0.912. The molecule has 10 heteroatoms. The number of hydrogen-bond donors (Lipinski definition) is 6. The maximum absolute atomic E-state index is 11.9. The van der Waals surface area contributed by atoms with Crippen LogP contribution in [-0.2, 0) is 14.3 Å². The first-order chi connectivity index (χ1) is 13.8. The van der Waals surface area contributed by atoms with Crippen molar-refractivity contribution in [2.75, 3.05) is 39.3 Å². The van der Waals surface area contributed by atoms with E-state index in [-0.39, 0.29) is 36.3 Å². The van der Waals surface area contributed by atoms with Crippen LogP contribution in [0.2, 0.25) is 0 Å². The fraction of sp³-hybridized carbons (Fsp3) is 0.850. The summed E-state index contributed by atoms with van der Waals surface area (Å²) in [4.78, 5) is 35.1. The van der Waals surface area contributed by atoms with E-state index < -0.39 is 11.6 Å². The topological polar surface area (TPSA) is 147 Å². The average Bonchev–Trinajstić information content (AvgIpc) is 2.58. The molecule has 0 aliphatic rings. The molecule has 0 aromatic carbocycles. The molecule has 0 spiro atoms. The molecule has 176 valence electrons. The minimum atomic E-state index is -0.734. The van der Waals surface area contributed by atoms with Gasteiger partial charge >= 0.3 is 12.0 Å². The molecule has 0 saturated heterocycles. The van der Waals surface area contributed by atoms with Crippen LogP contribution in [0, 0.1) is 0 Å². The third-order valence-electron chi connectivity index (χ3n) is 3.57. The molecule has 0 heterocycles. The van der Waals surface area contributed by atoms with Gasteiger partial charge < -0.3 is 37.1 Å². The number of amides is 3. The third-order valence-corrected chi connectivity index (χ3v) is 3.57. The molecular weight excluding hydrogens is 388 g/mol. The number of carbonyl (C=O) groups excluding carboxylic acids is 3. The van der Waals surface area contributed by atoms with Crippen LogP contribution in [0.15, 0.2) is 0 Å². The van der Waals surface area contributed by atoms with Crippen molar-refractivity contribution in [2.45, 2.75) is 71.6 Å². The van der Waals surface area contributed by atoms with E-state index in [0.29, 0.717) is 26.2 Å². The first-order valence-corrected chi connectivity index (χ1v) is 10.5. The van der Waals surface area contributed by atoms with Crippen molar-refractivity contribution in [3.63, 3.8) is 0 Å². The number of nitrogens with two attached hydrogens (primary N) is 1. The molecule has 0 unspecified atom stereocenters. The Bertz CT molecular complexity index is 528. The number of carbonyl (C=O) groups is 3. The Balaban J connectivity index is 3.60. The highest BCUT2D eigenvalue weighted by atomic mass is 16.6. The molecule has 0 aromatic rings. The molecule has 1 atom stereocenters. The van der Waals surface area contributed by atoms with Crippen molar-refractivity contribution in [3.05, 3.63) is 0 Å². The lowest BCUT2D eigenvalue weighted by molar-refractivity contribution is -0.155. The van der Waals surface area contributed by atoms with E-state index in [1.807, 2.05) is 20.8 Å². The van der Waals surface area contributed by atoms with Crippen LogP contribution in [0.3, 0.4) is 0 Å². The van der Waals surface area contributed by atoms with Gasteiger partial charge in [-0.15, -0.1) is 0 Å². The maximum Gasteiger partial charge on any atom is 0.315 e. The number of hydrogen-bond acceptors (Lipinski definition) is 7. The van der Waals surface area contributed by atoms with E-state index in [1.165, 1.54) is 0 Å². The standard InChI is InChI=1S/C20H42N6O4/c1-19(2,3)26-18(29)25-14-12-23-10-9-22-11-13-24-17(28)15(21)7-8-16(27)30-20(4,5)6/h15,22-23H,7-14,21H2,1-6H3,(H,24,28)(H2,25,26,29)/t15-/m0/s1. The molecule has 30 heavy (non-hydrogen) atoms. The first kappa shape index (κ1) is 28.1. The van der Waals surface area contributed by atoms with E-state index >= 15 is 0 Å². The first-order valence-electron chi connectivity index (χ1n) is 10.5. The van der Waals surface area contributed by atoms with Crippen LogP contribution in [0.1, 0.15) is 54.4 Å². The van der Waals surface area contributed by atoms with Gasteiger partial charge in [0.25, 0.3) is 0 Å². The van der Waals surface area contributed by atoms with Crippen molar-refractivity contribution >= 4 is 17.9 Å². The Morgan fingerprint density at radius 3 is 1.83 bits per heavy atom. The van der Waals surface area contributed by atoms with Gasteiger partial charge in [0, 0.05) is 51.2 Å². The number of ether oxygens (including phenoxy) is 1. The summed E-state index contributed by atoms with van der Waals surface area (Å²) >= 11 is 0. The molecule has 0 aliphatic carbocycles. The SMILES string of the molecule is CC(C)(C)NC(=O)NCCNCCNCCNC(=O)[C@@H](N)CCC(=O)OC(C)(C)C. The second kappa shape index (κ2) is 14.2. The van der Waals surface area contributed by atoms with Crippen LogP contribution in [0.4, 0.5) is 4.79 Å². The summed E-state index contributed by atoms with van der Waals surface area (Å²) in [6.07, 6.45) is 0.363. The number of urea groups is 1. The zero-order valence-corrected chi connectivity index (χ0v) is 19.4. The predicted octanol–water partition coefficient (Wildman–Crippen LogP) is -0.171. The highest BCUT2D eigenvalue weighted by molar-refractivity contribution is 5.82. The number of nitrogens with one attached hydrogen (secondary N) is 5. The van der Waals surface area contributed by atoms with Gasteiger partial charge in [-0.2, -0.15) is 0 Å². The van der Waals surface area contributed by atoms with Crippen molar-refractivity contribution in [3.8, 4) is 0 Å². The molecule has 0 aromatic heterocycles. The zero-order valence-electron chi connectivity index (χ0n) is 19.4. The summed E-state index contributed by atoms with van der Waals surface area (Å²) in [5.41, 5.74) is 5.02. The van der Waals surface area contributed by atoms with Gasteiger partial charge in [-0.05, 0) is 48.0 Å². The van der Waals surface area contributed by atoms with Crippen LogP contribution >= 0.6 is 0 Å². The minimum absolute atomic E-state index is 0.114. The monoisotopic (exact) mass is 430 g/mol. The van der Waals surface area contributed by atoms with Crippen molar-refractivity contribution < 1.29 is 19.1 Å². The quantitative estimate of drug-likeness (QED) is 0.176. The summed E-state index contributed by atoms with van der Waals surface area (Å²) in [7, 11) is 0. The van der Waals surface area contributed by atoms with Crippen LogP contribution in [0.5, 0.6) is 0 Å². The normalized spacial score (nSPS) is 12.8. The highest BCUT2D eigenvalue weighted by Gasteiger charge is 2.19. The Hall–Kier alpha value is -1.91. The zero-order chi connectivity index (χ0) is 23.2. The maximum atomic E-state index is 11.9. The van der Waals surface area contributed by atoms with E-state index in [1.54, 1.807) is 20.8 Å². The predicted molar refractivity (Wildman–Crippen MR) is 118 cm³/mol. The van der Waals surface area contributed by atoms with Crippen molar-refractivity contribution in [2.24, 2.45) is 5.73 Å². The summed E-state index contributed by atoms with van der Waals surface area (Å²) < 4.78 is 5.19. The fourth-order valence-corrected chi connectivity index (χ4v) is 2.28. The van der Waals surface area contributed by atoms with E-state index in [9.17, 15) is 14.4 Å². The molecule has 0 rings (SSSR count). The lowest BCUT2D eigenvalue weighted by Gasteiger charge is -2.20. The average molecular weight is 431 g/mol. The number of esters is 1. The smallest absolute Gasteiger partial charge is 0.315 e. The van der Waals surface area contributed by atoms with Crippen LogP contribution in [-0.4, -0.2) is 74.4 Å². The second-order valence-electron chi connectivity index (χ2n) is 9.15. The van der Waals surface area contributed by atoms with Crippen LogP contribution in [0.25, 0.3) is 0 Å². The van der Waals surface area contributed by atoms with Crippen molar-refractivity contribution in [1.29, 1.82) is 0 Å². The van der Waals surface area contributed by atoms with Gasteiger partial charge in [0.15, 0.2) is 0 Å².